The molecule has 2 unspecified atom stereocenters. The molecule has 1 aliphatic carbocycles. The molecule has 114 valence electrons. The van der Waals surface area contributed by atoms with Gasteiger partial charge in [0.1, 0.15) is 0 Å². The van der Waals surface area contributed by atoms with Gasteiger partial charge in [-0.05, 0) is 35.3 Å². The van der Waals surface area contributed by atoms with E-state index in [2.05, 4.69) is 43.0 Å². The molecule has 1 aliphatic heterocycles. The van der Waals surface area contributed by atoms with Crippen molar-refractivity contribution < 1.29 is 9.90 Å². The smallest absolute Gasteiger partial charge is 0.306 e. The quantitative estimate of drug-likeness (QED) is 0.925. The summed E-state index contributed by atoms with van der Waals surface area (Å²) in [7, 11) is 0. The minimum absolute atomic E-state index is 0.225. The normalized spacial score (nSPS) is 26.7. The van der Waals surface area contributed by atoms with Crippen LogP contribution in [0.15, 0.2) is 24.3 Å². The molecule has 3 nitrogen and oxygen atoms in total. The molecule has 1 fully saturated rings. The first-order valence-corrected chi connectivity index (χ1v) is 7.96. The van der Waals surface area contributed by atoms with Crippen LogP contribution >= 0.6 is 0 Å². The molecule has 0 saturated carbocycles. The van der Waals surface area contributed by atoms with E-state index in [1.165, 1.54) is 24.0 Å². The maximum atomic E-state index is 11.1. The van der Waals surface area contributed by atoms with Crippen LogP contribution in [0.25, 0.3) is 0 Å². The predicted molar refractivity (Wildman–Crippen MR) is 83.3 cm³/mol. The van der Waals surface area contributed by atoms with Crippen LogP contribution in [-0.2, 0) is 10.2 Å². The zero-order chi connectivity index (χ0) is 15.2. The highest BCUT2D eigenvalue weighted by Crippen LogP contribution is 2.46. The first-order valence-electron chi connectivity index (χ1n) is 7.96. The third-order valence-electron chi connectivity index (χ3n) is 5.57. The zero-order valence-corrected chi connectivity index (χ0v) is 13.2. The van der Waals surface area contributed by atoms with Crippen molar-refractivity contribution in [2.24, 2.45) is 11.8 Å². The summed E-state index contributed by atoms with van der Waals surface area (Å²) >= 11 is 0. The van der Waals surface area contributed by atoms with Gasteiger partial charge in [0, 0.05) is 19.1 Å². The van der Waals surface area contributed by atoms with E-state index in [1.54, 1.807) is 0 Å². The lowest BCUT2D eigenvalue weighted by atomic mass is 9.69. The molecule has 21 heavy (non-hydrogen) atoms. The first-order chi connectivity index (χ1) is 9.90. The van der Waals surface area contributed by atoms with Crippen molar-refractivity contribution in [2.75, 3.05) is 13.1 Å². The van der Waals surface area contributed by atoms with Crippen LogP contribution in [0.3, 0.4) is 0 Å². The minimum atomic E-state index is -0.662. The summed E-state index contributed by atoms with van der Waals surface area (Å²) in [6.07, 6.45) is 2.38. The maximum Gasteiger partial charge on any atom is 0.306 e. The molecule has 0 amide bonds. The molecule has 1 heterocycles. The fourth-order valence-corrected chi connectivity index (χ4v) is 3.89. The lowest BCUT2D eigenvalue weighted by Crippen LogP contribution is -2.53. The molecule has 0 spiro atoms. The number of rotatable bonds is 3. The number of carboxylic acid groups (broad SMARTS) is 1. The summed E-state index contributed by atoms with van der Waals surface area (Å²) in [5, 5.41) is 9.12. The summed E-state index contributed by atoms with van der Waals surface area (Å²) in [4.78, 5) is 13.6. The zero-order valence-electron chi connectivity index (χ0n) is 13.2. The first kappa shape index (κ1) is 14.6. The third-order valence-corrected chi connectivity index (χ3v) is 5.57. The standard InChI is InChI=1S/C18H25NO2/c1-12(17(20)21)13-10-19(11-13)16-8-9-18(2,3)15-7-5-4-6-14(15)16/h4-7,12-13,16H,8-11H2,1-3H3,(H,20,21). The highest BCUT2D eigenvalue weighted by molar-refractivity contribution is 5.70. The van der Waals surface area contributed by atoms with Gasteiger partial charge < -0.3 is 5.11 Å². The number of hydrogen-bond donors (Lipinski definition) is 1. The van der Waals surface area contributed by atoms with Gasteiger partial charge in [-0.1, -0.05) is 45.0 Å². The number of nitrogens with zero attached hydrogens (tertiary/aromatic N) is 1. The second kappa shape index (κ2) is 5.13. The fraction of sp³-hybridized carbons (Fsp3) is 0.611. The van der Waals surface area contributed by atoms with E-state index in [0.717, 1.165) is 13.1 Å². The van der Waals surface area contributed by atoms with E-state index in [0.29, 0.717) is 12.0 Å². The molecule has 1 aromatic carbocycles. The Morgan fingerprint density at radius 1 is 1.33 bits per heavy atom. The van der Waals surface area contributed by atoms with Gasteiger partial charge in [-0.15, -0.1) is 0 Å². The van der Waals surface area contributed by atoms with Gasteiger partial charge in [0.15, 0.2) is 0 Å². The van der Waals surface area contributed by atoms with Gasteiger partial charge in [-0.3, -0.25) is 9.69 Å². The number of fused-ring (bicyclic) bond motifs is 1. The number of benzene rings is 1. The third kappa shape index (κ3) is 2.48. The van der Waals surface area contributed by atoms with Crippen LogP contribution in [0.4, 0.5) is 0 Å². The maximum absolute atomic E-state index is 11.1. The van der Waals surface area contributed by atoms with Crippen LogP contribution in [0, 0.1) is 11.8 Å². The van der Waals surface area contributed by atoms with E-state index >= 15 is 0 Å². The van der Waals surface area contributed by atoms with Crippen LogP contribution in [0.5, 0.6) is 0 Å². The Kier molecular flexibility index (Phi) is 3.56. The Balaban J connectivity index is 1.76. The highest BCUT2D eigenvalue weighted by Gasteiger charge is 2.42. The molecular weight excluding hydrogens is 262 g/mol. The number of carboxylic acids is 1. The summed E-state index contributed by atoms with van der Waals surface area (Å²) in [5.74, 6) is -0.578. The number of aliphatic carboxylic acids is 1. The molecule has 0 aromatic heterocycles. The molecule has 1 aromatic rings. The van der Waals surface area contributed by atoms with Crippen molar-refractivity contribution in [2.45, 2.75) is 45.1 Å². The molecule has 2 atom stereocenters. The average Bonchev–Trinajstić information content (AvgIpc) is 2.39. The molecule has 1 N–H and O–H groups in total. The van der Waals surface area contributed by atoms with Crippen molar-refractivity contribution >= 4 is 5.97 Å². The SMILES string of the molecule is CC(C(=O)O)C1CN(C2CCC(C)(C)c3ccccc32)C1. The number of likely N-dealkylation sites (tertiary alicyclic amines) is 1. The minimum Gasteiger partial charge on any atom is -0.481 e. The molecule has 0 radical (unpaired) electrons. The molecule has 3 heteroatoms. The van der Waals surface area contributed by atoms with Crippen molar-refractivity contribution in [3.05, 3.63) is 35.4 Å². The van der Waals surface area contributed by atoms with Crippen molar-refractivity contribution in [3.63, 3.8) is 0 Å². The Bertz CT molecular complexity index is 546. The van der Waals surface area contributed by atoms with Gasteiger partial charge in [-0.2, -0.15) is 0 Å². The van der Waals surface area contributed by atoms with E-state index in [-0.39, 0.29) is 11.3 Å². The van der Waals surface area contributed by atoms with E-state index in [9.17, 15) is 4.79 Å². The van der Waals surface area contributed by atoms with Gasteiger partial charge in [0.05, 0.1) is 5.92 Å². The number of hydrogen-bond acceptors (Lipinski definition) is 2. The van der Waals surface area contributed by atoms with Crippen LogP contribution in [0.1, 0.15) is 50.8 Å². The van der Waals surface area contributed by atoms with E-state index in [1.807, 2.05) is 6.92 Å². The molecule has 2 aliphatic rings. The van der Waals surface area contributed by atoms with E-state index in [4.69, 9.17) is 5.11 Å². The molecule has 0 bridgehead atoms. The predicted octanol–water partition coefficient (Wildman–Crippen LogP) is 3.45. The van der Waals surface area contributed by atoms with Crippen LogP contribution in [0.2, 0.25) is 0 Å². The monoisotopic (exact) mass is 287 g/mol. The summed E-state index contributed by atoms with van der Waals surface area (Å²) in [5.41, 5.74) is 3.18. The second-order valence-corrected chi connectivity index (χ2v) is 7.37. The number of carbonyl (C=O) groups is 1. The van der Waals surface area contributed by atoms with Crippen LogP contribution < -0.4 is 0 Å². The van der Waals surface area contributed by atoms with Crippen molar-refractivity contribution in [1.82, 2.24) is 4.90 Å². The lowest BCUT2D eigenvalue weighted by Gasteiger charge is -2.49. The topological polar surface area (TPSA) is 40.5 Å². The van der Waals surface area contributed by atoms with Crippen molar-refractivity contribution in [1.29, 1.82) is 0 Å². The molecular formula is C18H25NO2. The second-order valence-electron chi connectivity index (χ2n) is 7.37. The van der Waals surface area contributed by atoms with Gasteiger partial charge in [-0.25, -0.2) is 0 Å². The average molecular weight is 287 g/mol. The van der Waals surface area contributed by atoms with Crippen LogP contribution in [-0.4, -0.2) is 29.1 Å². The van der Waals surface area contributed by atoms with E-state index < -0.39 is 5.97 Å². The lowest BCUT2D eigenvalue weighted by molar-refractivity contribution is -0.146. The van der Waals surface area contributed by atoms with Gasteiger partial charge >= 0.3 is 5.97 Å². The highest BCUT2D eigenvalue weighted by atomic mass is 16.4. The van der Waals surface area contributed by atoms with Gasteiger partial charge in [0.2, 0.25) is 0 Å². The largest absolute Gasteiger partial charge is 0.481 e. The Hall–Kier alpha value is -1.35. The summed E-state index contributed by atoms with van der Waals surface area (Å²) in [6.45, 7) is 8.34. The Morgan fingerprint density at radius 3 is 2.67 bits per heavy atom. The molecule has 1 saturated heterocycles. The Labute approximate surface area is 127 Å². The van der Waals surface area contributed by atoms with Crippen molar-refractivity contribution in [3.8, 4) is 0 Å². The summed E-state index contributed by atoms with van der Waals surface area (Å²) in [6, 6.07) is 9.26. The molecule has 3 rings (SSSR count). The Morgan fingerprint density at radius 2 is 2.00 bits per heavy atom. The fourth-order valence-electron chi connectivity index (χ4n) is 3.89. The van der Waals surface area contributed by atoms with Gasteiger partial charge in [0.25, 0.3) is 0 Å². The summed E-state index contributed by atoms with van der Waals surface area (Å²) < 4.78 is 0.